The first-order valence-electron chi connectivity index (χ1n) is 10.0. The van der Waals surface area contributed by atoms with Crippen molar-refractivity contribution in [1.82, 2.24) is 5.32 Å². The molecule has 31 heavy (non-hydrogen) atoms. The van der Waals surface area contributed by atoms with Gasteiger partial charge in [0.1, 0.15) is 11.3 Å². The second-order valence-corrected chi connectivity index (χ2v) is 8.00. The van der Waals surface area contributed by atoms with Crippen LogP contribution in [-0.2, 0) is 9.59 Å². The Morgan fingerprint density at radius 3 is 2.45 bits per heavy atom. The maximum absolute atomic E-state index is 13.4. The molecule has 1 N–H and O–H groups in total. The van der Waals surface area contributed by atoms with E-state index in [1.807, 2.05) is 75.4 Å². The summed E-state index contributed by atoms with van der Waals surface area (Å²) in [5.41, 5.74) is 2.20. The highest BCUT2D eigenvalue weighted by atomic mass is 32.1. The van der Waals surface area contributed by atoms with E-state index >= 15 is 0 Å². The fourth-order valence-corrected chi connectivity index (χ4v) is 3.89. The predicted molar refractivity (Wildman–Crippen MR) is 127 cm³/mol. The van der Waals surface area contributed by atoms with E-state index in [0.717, 1.165) is 16.3 Å². The number of aryl methyl sites for hydroxylation is 1. The van der Waals surface area contributed by atoms with Crippen LogP contribution < -0.4 is 15.0 Å². The van der Waals surface area contributed by atoms with Crippen LogP contribution in [0.1, 0.15) is 25.0 Å². The lowest BCUT2D eigenvalue weighted by Crippen LogP contribution is -2.54. The van der Waals surface area contributed by atoms with E-state index in [1.54, 1.807) is 12.1 Å². The van der Waals surface area contributed by atoms with E-state index in [9.17, 15) is 9.59 Å². The number of amides is 2. The molecule has 0 saturated carbocycles. The number of hydrogen-bond acceptors (Lipinski definition) is 4. The third-order valence-electron chi connectivity index (χ3n) is 5.04. The largest absolute Gasteiger partial charge is 0.490 e. The predicted octanol–water partition coefficient (Wildman–Crippen LogP) is 4.77. The molecule has 0 aromatic heterocycles. The summed E-state index contributed by atoms with van der Waals surface area (Å²) in [6.45, 7) is 5.76. The number of rotatable bonds is 4. The van der Waals surface area contributed by atoms with Gasteiger partial charge in [0.25, 0.3) is 11.8 Å². The average molecular weight is 431 g/mol. The average Bonchev–Trinajstić information content (AvgIpc) is 2.73. The third kappa shape index (κ3) is 3.94. The number of anilines is 1. The summed E-state index contributed by atoms with van der Waals surface area (Å²) in [6, 6.07) is 19.0. The van der Waals surface area contributed by atoms with Gasteiger partial charge in [0, 0.05) is 5.56 Å². The molecule has 3 aromatic carbocycles. The third-order valence-corrected chi connectivity index (χ3v) is 5.32. The van der Waals surface area contributed by atoms with Gasteiger partial charge in [-0.15, -0.1) is 0 Å². The van der Waals surface area contributed by atoms with Crippen LogP contribution in [0.4, 0.5) is 5.69 Å². The number of benzene rings is 3. The minimum absolute atomic E-state index is 0.00168. The van der Waals surface area contributed by atoms with Crippen molar-refractivity contribution in [3.05, 3.63) is 77.4 Å². The maximum Gasteiger partial charge on any atom is 0.270 e. The van der Waals surface area contributed by atoms with E-state index in [-0.39, 0.29) is 16.8 Å². The quantitative estimate of drug-likeness (QED) is 0.368. The second-order valence-electron chi connectivity index (χ2n) is 7.61. The summed E-state index contributed by atoms with van der Waals surface area (Å²) in [5, 5.41) is 4.60. The Morgan fingerprint density at radius 1 is 1.00 bits per heavy atom. The SMILES string of the molecule is Cc1ccccc1N1C(=O)/C(=C/c2c(OC(C)C)ccc3ccccc23)C(=O)NC1=S. The van der Waals surface area contributed by atoms with Gasteiger partial charge < -0.3 is 4.74 Å². The summed E-state index contributed by atoms with van der Waals surface area (Å²) >= 11 is 5.32. The van der Waals surface area contributed by atoms with Crippen LogP contribution in [0.3, 0.4) is 0 Å². The van der Waals surface area contributed by atoms with Gasteiger partial charge in [-0.2, -0.15) is 0 Å². The minimum atomic E-state index is -0.525. The van der Waals surface area contributed by atoms with Crippen molar-refractivity contribution < 1.29 is 14.3 Å². The highest BCUT2D eigenvalue weighted by Crippen LogP contribution is 2.32. The van der Waals surface area contributed by atoms with E-state index in [4.69, 9.17) is 17.0 Å². The molecule has 0 spiro atoms. The van der Waals surface area contributed by atoms with Crippen LogP contribution >= 0.6 is 12.2 Å². The number of nitrogens with zero attached hydrogens (tertiary/aromatic N) is 1. The summed E-state index contributed by atoms with van der Waals surface area (Å²) < 4.78 is 5.99. The molecule has 0 aliphatic carbocycles. The Labute approximate surface area is 186 Å². The standard InChI is InChI=1S/C25H22N2O3S/c1-15(2)30-22-13-12-17-9-5-6-10-18(17)19(22)14-20-23(28)26-25(31)27(24(20)29)21-11-7-4-8-16(21)3/h4-15H,1-3H3,(H,26,28,31)/b20-14+. The molecular weight excluding hydrogens is 408 g/mol. The molecular formula is C25H22N2O3S. The van der Waals surface area contributed by atoms with Crippen LogP contribution in [0.5, 0.6) is 5.75 Å². The van der Waals surface area contributed by atoms with Crippen LogP contribution in [0.2, 0.25) is 0 Å². The van der Waals surface area contributed by atoms with Crippen LogP contribution in [0.25, 0.3) is 16.8 Å². The smallest absolute Gasteiger partial charge is 0.270 e. The number of para-hydroxylation sites is 1. The van der Waals surface area contributed by atoms with Gasteiger partial charge in [-0.1, -0.05) is 48.5 Å². The Hall–Kier alpha value is -3.51. The zero-order valence-electron chi connectivity index (χ0n) is 17.5. The Balaban J connectivity index is 1.88. The lowest BCUT2D eigenvalue weighted by Gasteiger charge is -2.30. The van der Waals surface area contributed by atoms with Gasteiger partial charge in [-0.25, -0.2) is 0 Å². The molecule has 0 radical (unpaired) electrons. The molecule has 5 nitrogen and oxygen atoms in total. The molecule has 0 bridgehead atoms. The first-order chi connectivity index (χ1) is 14.9. The molecule has 3 aromatic rings. The number of hydrogen-bond donors (Lipinski definition) is 1. The van der Waals surface area contributed by atoms with Gasteiger partial charge in [-0.3, -0.25) is 19.8 Å². The zero-order valence-corrected chi connectivity index (χ0v) is 18.3. The first-order valence-corrected chi connectivity index (χ1v) is 10.4. The van der Waals surface area contributed by atoms with Gasteiger partial charge in [0.2, 0.25) is 0 Å². The van der Waals surface area contributed by atoms with Crippen molar-refractivity contribution in [2.75, 3.05) is 4.90 Å². The van der Waals surface area contributed by atoms with Crippen molar-refractivity contribution in [3.8, 4) is 5.75 Å². The van der Waals surface area contributed by atoms with Gasteiger partial charge in [0.05, 0.1) is 11.8 Å². The van der Waals surface area contributed by atoms with Crippen molar-refractivity contribution in [2.24, 2.45) is 0 Å². The first kappa shape index (κ1) is 20.8. The highest BCUT2D eigenvalue weighted by Gasteiger charge is 2.35. The molecule has 156 valence electrons. The van der Waals surface area contributed by atoms with Gasteiger partial charge in [-0.05, 0) is 67.5 Å². The summed E-state index contributed by atoms with van der Waals surface area (Å²) in [7, 11) is 0. The maximum atomic E-state index is 13.4. The monoisotopic (exact) mass is 430 g/mol. The highest BCUT2D eigenvalue weighted by molar-refractivity contribution is 7.80. The fourth-order valence-electron chi connectivity index (χ4n) is 3.62. The molecule has 2 amide bonds. The Kier molecular flexibility index (Phi) is 5.57. The molecule has 4 rings (SSSR count). The second kappa shape index (κ2) is 8.32. The zero-order chi connectivity index (χ0) is 22.1. The van der Waals surface area contributed by atoms with Crippen molar-refractivity contribution in [1.29, 1.82) is 0 Å². The number of carbonyl (C=O) groups excluding carboxylic acids is 2. The molecule has 1 fully saturated rings. The van der Waals surface area contributed by atoms with Crippen molar-refractivity contribution in [2.45, 2.75) is 26.9 Å². The molecule has 0 unspecified atom stereocenters. The van der Waals surface area contributed by atoms with E-state index in [1.165, 1.54) is 4.90 Å². The topological polar surface area (TPSA) is 58.6 Å². The lowest BCUT2D eigenvalue weighted by molar-refractivity contribution is -0.122. The van der Waals surface area contributed by atoms with Crippen LogP contribution in [-0.4, -0.2) is 23.0 Å². The Bertz CT molecular complexity index is 1250. The van der Waals surface area contributed by atoms with Crippen LogP contribution in [0.15, 0.2) is 66.2 Å². The van der Waals surface area contributed by atoms with Gasteiger partial charge in [0.15, 0.2) is 5.11 Å². The number of ether oxygens (including phenoxy) is 1. The molecule has 1 aliphatic heterocycles. The number of thiocarbonyl (C=S) groups is 1. The fraction of sp³-hybridized carbons (Fsp3) is 0.160. The Morgan fingerprint density at radius 2 is 1.71 bits per heavy atom. The minimum Gasteiger partial charge on any atom is -0.490 e. The summed E-state index contributed by atoms with van der Waals surface area (Å²) in [6.07, 6.45) is 1.54. The molecule has 0 atom stereocenters. The molecule has 1 aliphatic rings. The summed E-state index contributed by atoms with van der Waals surface area (Å²) in [5.74, 6) is -0.382. The molecule has 6 heteroatoms. The van der Waals surface area contributed by atoms with Crippen molar-refractivity contribution >= 4 is 51.7 Å². The number of fused-ring (bicyclic) bond motifs is 1. The van der Waals surface area contributed by atoms with Crippen LogP contribution in [0, 0.1) is 6.92 Å². The van der Waals surface area contributed by atoms with Gasteiger partial charge >= 0.3 is 0 Å². The molecule has 1 heterocycles. The number of nitrogens with one attached hydrogen (secondary N) is 1. The van der Waals surface area contributed by atoms with E-state index < -0.39 is 11.8 Å². The lowest BCUT2D eigenvalue weighted by atomic mass is 9.99. The van der Waals surface area contributed by atoms with Crippen molar-refractivity contribution in [3.63, 3.8) is 0 Å². The summed E-state index contributed by atoms with van der Waals surface area (Å²) in [4.78, 5) is 27.6. The van der Waals surface area contributed by atoms with E-state index in [0.29, 0.717) is 17.0 Å². The molecule has 1 saturated heterocycles. The van der Waals surface area contributed by atoms with E-state index in [2.05, 4.69) is 5.32 Å². The number of carbonyl (C=O) groups is 2. The normalized spacial score (nSPS) is 15.7.